The molecule has 1 aromatic rings. The highest BCUT2D eigenvalue weighted by Crippen LogP contribution is 2.24. The number of nitrogens with zero attached hydrogens (tertiary/aromatic N) is 1. The van der Waals surface area contributed by atoms with Crippen LogP contribution in [0.5, 0.6) is 0 Å². The molecule has 1 rings (SSSR count). The summed E-state index contributed by atoms with van der Waals surface area (Å²) in [5, 5.41) is 8.79. The Hall–Kier alpha value is -0.810. The highest BCUT2D eigenvalue weighted by molar-refractivity contribution is 14.1. The molecule has 0 saturated heterocycles. The molecule has 0 aromatic carbocycles. The Kier molecular flexibility index (Phi) is 5.02. The molecular weight excluding hydrogens is 389 g/mol. The third-order valence-corrected chi connectivity index (χ3v) is 3.70. The van der Waals surface area contributed by atoms with Gasteiger partial charge in [-0.15, -0.1) is 0 Å². The first kappa shape index (κ1) is 13.3. The van der Waals surface area contributed by atoms with E-state index in [2.05, 4.69) is 15.9 Å². The van der Waals surface area contributed by atoms with E-state index < -0.39 is 5.97 Å². The number of carbonyl (C=O) groups excluding carboxylic acids is 1. The monoisotopic (exact) mass is 395 g/mol. The van der Waals surface area contributed by atoms with Gasteiger partial charge in [-0.2, -0.15) is 5.26 Å². The second-order valence-corrected chi connectivity index (χ2v) is 4.49. The van der Waals surface area contributed by atoms with Crippen LogP contribution >= 0.6 is 38.5 Å². The molecule has 0 unspecified atom stereocenters. The van der Waals surface area contributed by atoms with Gasteiger partial charge in [0.05, 0.1) is 11.1 Å². The summed E-state index contributed by atoms with van der Waals surface area (Å²) in [5.74, 6) is -0.214. The van der Waals surface area contributed by atoms with Crippen LogP contribution in [0.1, 0.15) is 12.7 Å². The minimum atomic E-state index is -0.646. The lowest BCUT2D eigenvalue weighted by molar-refractivity contribution is -0.137. The second kappa shape index (κ2) is 6.06. The zero-order valence-electron chi connectivity index (χ0n) is 8.29. The molecule has 0 radical (unpaired) electrons. The molecular formula is C10H7BrINO3. The molecule has 6 heteroatoms. The molecule has 4 nitrogen and oxygen atoms in total. The van der Waals surface area contributed by atoms with Crippen LogP contribution in [0.4, 0.5) is 0 Å². The standard InChI is InChI=1S/C10H7BrINO3/c1-2-15-10(14)6(5-13)3-7-4-8(11)9(12)16-7/h3-4H,2H2,1H3. The van der Waals surface area contributed by atoms with Crippen molar-refractivity contribution < 1.29 is 13.9 Å². The van der Waals surface area contributed by atoms with E-state index in [9.17, 15) is 4.79 Å². The largest absolute Gasteiger partial charge is 0.462 e. The molecule has 0 amide bonds. The lowest BCUT2D eigenvalue weighted by atomic mass is 10.2. The molecule has 0 aliphatic rings. The fraction of sp³-hybridized carbons (Fsp3) is 0.200. The van der Waals surface area contributed by atoms with E-state index in [0.29, 0.717) is 9.53 Å². The fourth-order valence-electron chi connectivity index (χ4n) is 0.922. The average molecular weight is 396 g/mol. The summed E-state index contributed by atoms with van der Waals surface area (Å²) in [4.78, 5) is 11.3. The van der Waals surface area contributed by atoms with Crippen molar-refractivity contribution in [1.29, 1.82) is 5.26 Å². The maximum atomic E-state index is 11.3. The average Bonchev–Trinajstić information content (AvgIpc) is 2.55. The second-order valence-electron chi connectivity index (χ2n) is 2.66. The summed E-state index contributed by atoms with van der Waals surface area (Å²) >= 11 is 5.26. The quantitative estimate of drug-likeness (QED) is 0.341. The van der Waals surface area contributed by atoms with Crippen molar-refractivity contribution >= 4 is 50.6 Å². The molecule has 0 spiro atoms. The maximum absolute atomic E-state index is 11.3. The Morgan fingerprint density at radius 3 is 2.94 bits per heavy atom. The minimum absolute atomic E-state index is 0.0838. The van der Waals surface area contributed by atoms with Crippen molar-refractivity contribution in [1.82, 2.24) is 0 Å². The van der Waals surface area contributed by atoms with Crippen molar-refractivity contribution in [3.8, 4) is 6.07 Å². The number of nitriles is 1. The van der Waals surface area contributed by atoms with Crippen LogP contribution in [0.25, 0.3) is 6.08 Å². The van der Waals surface area contributed by atoms with E-state index in [0.717, 1.165) is 4.47 Å². The molecule has 0 aliphatic heterocycles. The first-order valence-electron chi connectivity index (χ1n) is 4.32. The molecule has 0 fully saturated rings. The molecule has 1 heterocycles. The van der Waals surface area contributed by atoms with Gasteiger partial charge in [-0.1, -0.05) is 0 Å². The first-order valence-corrected chi connectivity index (χ1v) is 6.19. The zero-order chi connectivity index (χ0) is 12.1. The summed E-state index contributed by atoms with van der Waals surface area (Å²) in [5.41, 5.74) is -0.0838. The number of hydrogen-bond acceptors (Lipinski definition) is 4. The van der Waals surface area contributed by atoms with Gasteiger partial charge < -0.3 is 9.15 Å². The van der Waals surface area contributed by atoms with Crippen LogP contribution in [0.3, 0.4) is 0 Å². The lowest BCUT2D eigenvalue weighted by Crippen LogP contribution is -2.05. The zero-order valence-corrected chi connectivity index (χ0v) is 12.0. The fourth-order valence-corrected chi connectivity index (χ4v) is 1.64. The van der Waals surface area contributed by atoms with E-state index in [1.807, 2.05) is 22.6 Å². The molecule has 1 aromatic heterocycles. The van der Waals surface area contributed by atoms with E-state index in [1.54, 1.807) is 19.1 Å². The van der Waals surface area contributed by atoms with Crippen molar-refractivity contribution in [2.24, 2.45) is 0 Å². The first-order chi connectivity index (χ1) is 7.58. The van der Waals surface area contributed by atoms with E-state index in [-0.39, 0.29) is 12.2 Å². The number of furan rings is 1. The molecule has 0 atom stereocenters. The molecule has 0 saturated carbocycles. The van der Waals surface area contributed by atoms with Gasteiger partial charge >= 0.3 is 5.97 Å². The Morgan fingerprint density at radius 1 is 1.81 bits per heavy atom. The number of carbonyl (C=O) groups is 1. The lowest BCUT2D eigenvalue weighted by Gasteiger charge is -1.97. The normalized spacial score (nSPS) is 11.0. The molecule has 16 heavy (non-hydrogen) atoms. The molecule has 84 valence electrons. The number of halogens is 2. The number of rotatable bonds is 3. The number of ether oxygens (including phenoxy) is 1. The van der Waals surface area contributed by atoms with Crippen LogP contribution in [-0.4, -0.2) is 12.6 Å². The van der Waals surface area contributed by atoms with Crippen LogP contribution in [0, 0.1) is 15.1 Å². The van der Waals surface area contributed by atoms with Gasteiger partial charge in [0, 0.05) is 28.7 Å². The van der Waals surface area contributed by atoms with E-state index in [4.69, 9.17) is 14.4 Å². The van der Waals surface area contributed by atoms with Crippen LogP contribution in [0.2, 0.25) is 0 Å². The predicted octanol–water partition coefficient (Wildman–Crippen LogP) is 3.12. The summed E-state index contributed by atoms with van der Waals surface area (Å²) < 4.78 is 11.4. The topological polar surface area (TPSA) is 63.2 Å². The highest BCUT2D eigenvalue weighted by atomic mass is 127. The number of esters is 1. The molecule has 0 N–H and O–H groups in total. The van der Waals surface area contributed by atoms with Gasteiger partial charge in [-0.3, -0.25) is 0 Å². The third kappa shape index (κ3) is 3.35. The molecule has 0 aliphatic carbocycles. The van der Waals surface area contributed by atoms with Crippen LogP contribution in [0.15, 0.2) is 20.5 Å². The smallest absolute Gasteiger partial charge is 0.349 e. The third-order valence-electron chi connectivity index (χ3n) is 1.57. The van der Waals surface area contributed by atoms with Gasteiger partial charge in [0.25, 0.3) is 0 Å². The Morgan fingerprint density at radius 2 is 2.50 bits per heavy atom. The number of hydrogen-bond donors (Lipinski definition) is 0. The van der Waals surface area contributed by atoms with Gasteiger partial charge in [0.2, 0.25) is 0 Å². The van der Waals surface area contributed by atoms with E-state index >= 15 is 0 Å². The highest BCUT2D eigenvalue weighted by Gasteiger charge is 2.12. The minimum Gasteiger partial charge on any atom is -0.462 e. The predicted molar refractivity (Wildman–Crippen MR) is 69.3 cm³/mol. The van der Waals surface area contributed by atoms with Crippen LogP contribution < -0.4 is 0 Å². The van der Waals surface area contributed by atoms with Crippen molar-refractivity contribution in [3.63, 3.8) is 0 Å². The Balaban J connectivity index is 2.97. The van der Waals surface area contributed by atoms with Gasteiger partial charge in [-0.25, -0.2) is 4.79 Å². The summed E-state index contributed by atoms with van der Waals surface area (Å²) in [6.45, 7) is 1.91. The summed E-state index contributed by atoms with van der Waals surface area (Å²) in [7, 11) is 0. The summed E-state index contributed by atoms with van der Waals surface area (Å²) in [6, 6.07) is 3.45. The summed E-state index contributed by atoms with van der Waals surface area (Å²) in [6.07, 6.45) is 1.35. The Bertz CT molecular complexity index is 453. The molecule has 0 bridgehead atoms. The Labute approximate surface area is 115 Å². The van der Waals surface area contributed by atoms with Crippen molar-refractivity contribution in [3.05, 3.63) is 25.6 Å². The SMILES string of the molecule is CCOC(=O)C(C#N)=Cc1cc(Br)c(I)o1. The van der Waals surface area contributed by atoms with Crippen LogP contribution in [-0.2, 0) is 9.53 Å². The van der Waals surface area contributed by atoms with Crippen molar-refractivity contribution in [2.45, 2.75) is 6.92 Å². The van der Waals surface area contributed by atoms with Gasteiger partial charge in [0.15, 0.2) is 3.77 Å². The van der Waals surface area contributed by atoms with Crippen molar-refractivity contribution in [2.75, 3.05) is 6.61 Å². The van der Waals surface area contributed by atoms with Gasteiger partial charge in [-0.05, 0) is 28.9 Å². The van der Waals surface area contributed by atoms with Gasteiger partial charge in [0.1, 0.15) is 17.4 Å². The van der Waals surface area contributed by atoms with E-state index in [1.165, 1.54) is 6.08 Å². The maximum Gasteiger partial charge on any atom is 0.349 e.